The summed E-state index contributed by atoms with van der Waals surface area (Å²) in [7, 11) is 1.76. The third-order valence-corrected chi connectivity index (χ3v) is 3.31. The van der Waals surface area contributed by atoms with Gasteiger partial charge < -0.3 is 0 Å². The van der Waals surface area contributed by atoms with Gasteiger partial charge in [-0.05, 0) is 22.9 Å². The zero-order valence-corrected chi connectivity index (χ0v) is 10.4. The first-order chi connectivity index (χ1) is 7.78. The first-order valence-corrected chi connectivity index (χ1v) is 6.30. The van der Waals surface area contributed by atoms with Crippen molar-refractivity contribution < 1.29 is 0 Å². The van der Waals surface area contributed by atoms with Crippen molar-refractivity contribution in [3.05, 3.63) is 35.7 Å². The maximum atomic E-state index is 5.72. The number of aryl methyl sites for hydroxylation is 1. The van der Waals surface area contributed by atoms with E-state index in [4.69, 9.17) is 11.6 Å². The third kappa shape index (κ3) is 2.96. The molecule has 0 N–H and O–H groups in total. The first-order valence-electron chi connectivity index (χ1n) is 4.78. The quantitative estimate of drug-likeness (QED) is 0.620. The second kappa shape index (κ2) is 5.32. The SMILES string of the molecule is Cn1nnc(CSc2ccc(CCl)cc2)n1. The van der Waals surface area contributed by atoms with Crippen LogP contribution in [0, 0.1) is 0 Å². The number of alkyl halides is 1. The predicted molar refractivity (Wildman–Crippen MR) is 64.4 cm³/mol. The van der Waals surface area contributed by atoms with Crippen LogP contribution < -0.4 is 0 Å². The molecule has 2 rings (SSSR count). The highest BCUT2D eigenvalue weighted by Gasteiger charge is 2.01. The lowest BCUT2D eigenvalue weighted by Gasteiger charge is -1.99. The van der Waals surface area contributed by atoms with Crippen LogP contribution in [0.5, 0.6) is 0 Å². The van der Waals surface area contributed by atoms with E-state index in [2.05, 4.69) is 27.5 Å². The van der Waals surface area contributed by atoms with Gasteiger partial charge in [-0.2, -0.15) is 4.80 Å². The van der Waals surface area contributed by atoms with Crippen LogP contribution in [0.2, 0.25) is 0 Å². The zero-order chi connectivity index (χ0) is 11.4. The number of hydrogen-bond acceptors (Lipinski definition) is 4. The van der Waals surface area contributed by atoms with Gasteiger partial charge in [0.15, 0.2) is 5.82 Å². The zero-order valence-electron chi connectivity index (χ0n) is 8.80. The van der Waals surface area contributed by atoms with Gasteiger partial charge in [0.2, 0.25) is 0 Å². The molecule has 0 bridgehead atoms. The van der Waals surface area contributed by atoms with E-state index >= 15 is 0 Å². The fraction of sp³-hybridized carbons (Fsp3) is 0.300. The maximum absolute atomic E-state index is 5.72. The van der Waals surface area contributed by atoms with E-state index in [1.165, 1.54) is 9.69 Å². The highest BCUT2D eigenvalue weighted by Crippen LogP contribution is 2.21. The lowest BCUT2D eigenvalue weighted by molar-refractivity contribution is 0.628. The fourth-order valence-corrected chi connectivity index (χ4v) is 2.12. The lowest BCUT2D eigenvalue weighted by atomic mass is 10.2. The molecule has 0 aliphatic carbocycles. The molecule has 4 nitrogen and oxygen atoms in total. The summed E-state index contributed by atoms with van der Waals surface area (Å²) in [6.45, 7) is 0. The Kier molecular flexibility index (Phi) is 3.79. The molecule has 0 aliphatic heterocycles. The van der Waals surface area contributed by atoms with E-state index in [0.717, 1.165) is 17.1 Å². The van der Waals surface area contributed by atoms with Gasteiger partial charge in [0.1, 0.15) is 0 Å². The van der Waals surface area contributed by atoms with E-state index in [1.54, 1.807) is 18.8 Å². The Morgan fingerprint density at radius 3 is 2.62 bits per heavy atom. The molecule has 0 amide bonds. The second-order valence-corrected chi connectivity index (χ2v) is 4.58. The number of thioether (sulfide) groups is 1. The van der Waals surface area contributed by atoms with Crippen molar-refractivity contribution in [2.24, 2.45) is 7.05 Å². The van der Waals surface area contributed by atoms with Crippen molar-refractivity contribution >= 4 is 23.4 Å². The Balaban J connectivity index is 1.94. The number of rotatable bonds is 4. The van der Waals surface area contributed by atoms with Crippen LogP contribution in [-0.4, -0.2) is 20.2 Å². The van der Waals surface area contributed by atoms with Crippen LogP contribution in [0.4, 0.5) is 0 Å². The molecule has 0 saturated carbocycles. The normalized spacial score (nSPS) is 10.6. The largest absolute Gasteiger partial charge is 0.184 e. The molecule has 0 radical (unpaired) electrons. The number of hydrogen-bond donors (Lipinski definition) is 0. The molecule has 1 aromatic carbocycles. The van der Waals surface area contributed by atoms with Gasteiger partial charge in [-0.15, -0.1) is 33.6 Å². The average Bonchev–Trinajstić information content (AvgIpc) is 2.73. The van der Waals surface area contributed by atoms with Crippen molar-refractivity contribution in [3.8, 4) is 0 Å². The Hall–Kier alpha value is -1.07. The number of benzene rings is 1. The molecule has 84 valence electrons. The second-order valence-electron chi connectivity index (χ2n) is 3.26. The van der Waals surface area contributed by atoms with Crippen molar-refractivity contribution in [2.75, 3.05) is 0 Å². The van der Waals surface area contributed by atoms with Crippen LogP contribution in [0.3, 0.4) is 0 Å². The highest BCUT2D eigenvalue weighted by atomic mass is 35.5. The van der Waals surface area contributed by atoms with Crippen LogP contribution in [-0.2, 0) is 18.7 Å². The summed E-state index contributed by atoms with van der Waals surface area (Å²) >= 11 is 7.40. The summed E-state index contributed by atoms with van der Waals surface area (Å²) in [5, 5.41) is 11.8. The topological polar surface area (TPSA) is 43.6 Å². The molecule has 0 saturated heterocycles. The maximum Gasteiger partial charge on any atom is 0.184 e. The summed E-state index contributed by atoms with van der Waals surface area (Å²) in [5.74, 6) is 2.03. The smallest absolute Gasteiger partial charge is 0.167 e. The van der Waals surface area contributed by atoms with Crippen molar-refractivity contribution in [2.45, 2.75) is 16.5 Å². The van der Waals surface area contributed by atoms with Crippen LogP contribution in [0.15, 0.2) is 29.2 Å². The van der Waals surface area contributed by atoms with Crippen LogP contribution >= 0.6 is 23.4 Å². The summed E-state index contributed by atoms with van der Waals surface area (Å²) in [5.41, 5.74) is 1.13. The van der Waals surface area contributed by atoms with Gasteiger partial charge >= 0.3 is 0 Å². The third-order valence-electron chi connectivity index (χ3n) is 2.00. The Morgan fingerprint density at radius 1 is 1.31 bits per heavy atom. The molecule has 0 fully saturated rings. The average molecular weight is 255 g/mol. The monoisotopic (exact) mass is 254 g/mol. The van der Waals surface area contributed by atoms with E-state index in [1.807, 2.05) is 12.1 Å². The first kappa shape index (κ1) is 11.4. The van der Waals surface area contributed by atoms with E-state index in [0.29, 0.717) is 5.88 Å². The molecule has 2 aromatic rings. The van der Waals surface area contributed by atoms with Crippen LogP contribution in [0.1, 0.15) is 11.4 Å². The molecule has 0 spiro atoms. The molecule has 1 aromatic heterocycles. The molecule has 0 atom stereocenters. The van der Waals surface area contributed by atoms with Gasteiger partial charge in [0.25, 0.3) is 0 Å². The molecule has 1 heterocycles. The van der Waals surface area contributed by atoms with E-state index in [-0.39, 0.29) is 0 Å². The minimum Gasteiger partial charge on any atom is -0.167 e. The molecule has 0 unspecified atom stereocenters. The van der Waals surface area contributed by atoms with Gasteiger partial charge in [0.05, 0.1) is 12.8 Å². The molecule has 0 aliphatic rings. The Bertz CT molecular complexity index is 454. The summed E-state index contributed by atoms with van der Waals surface area (Å²) in [6, 6.07) is 8.16. The number of aromatic nitrogens is 4. The standard InChI is InChI=1S/C10H11ClN4S/c1-15-13-10(12-14-15)7-16-9-4-2-8(6-11)3-5-9/h2-5H,6-7H2,1H3. The minimum absolute atomic E-state index is 0.552. The van der Waals surface area contributed by atoms with Crippen molar-refractivity contribution in [1.82, 2.24) is 20.2 Å². The highest BCUT2D eigenvalue weighted by molar-refractivity contribution is 7.98. The Labute approximate surface area is 103 Å². The van der Waals surface area contributed by atoms with E-state index in [9.17, 15) is 0 Å². The lowest BCUT2D eigenvalue weighted by Crippen LogP contribution is -1.92. The van der Waals surface area contributed by atoms with Gasteiger partial charge in [-0.3, -0.25) is 0 Å². The number of tetrazole rings is 1. The van der Waals surface area contributed by atoms with Crippen molar-refractivity contribution in [1.29, 1.82) is 0 Å². The van der Waals surface area contributed by atoms with Gasteiger partial charge in [-0.25, -0.2) is 0 Å². The van der Waals surface area contributed by atoms with Crippen LogP contribution in [0.25, 0.3) is 0 Å². The van der Waals surface area contributed by atoms with Gasteiger partial charge in [0, 0.05) is 10.8 Å². The van der Waals surface area contributed by atoms with Crippen molar-refractivity contribution in [3.63, 3.8) is 0 Å². The predicted octanol–water partition coefficient (Wildman–Crippen LogP) is 2.24. The van der Waals surface area contributed by atoms with Gasteiger partial charge in [-0.1, -0.05) is 12.1 Å². The molecular weight excluding hydrogens is 244 g/mol. The van der Waals surface area contributed by atoms with E-state index < -0.39 is 0 Å². The number of nitrogens with zero attached hydrogens (tertiary/aromatic N) is 4. The number of halogens is 1. The summed E-state index contributed by atoms with van der Waals surface area (Å²) < 4.78 is 0. The summed E-state index contributed by atoms with van der Waals surface area (Å²) in [6.07, 6.45) is 0. The Morgan fingerprint density at radius 2 is 2.06 bits per heavy atom. The molecule has 6 heteroatoms. The summed E-state index contributed by atoms with van der Waals surface area (Å²) in [4.78, 5) is 2.65. The minimum atomic E-state index is 0.552. The molecule has 16 heavy (non-hydrogen) atoms. The molecular formula is C10H11ClN4S. The fourth-order valence-electron chi connectivity index (χ4n) is 1.20.